The van der Waals surface area contributed by atoms with E-state index in [0.717, 1.165) is 29.0 Å². The number of nitrogens with zero attached hydrogens (tertiary/aromatic N) is 2. The Morgan fingerprint density at radius 1 is 1.41 bits per heavy atom. The quantitative estimate of drug-likeness (QED) is 0.796. The zero-order chi connectivity index (χ0) is 12.1. The van der Waals surface area contributed by atoms with Gasteiger partial charge in [-0.25, -0.2) is 9.97 Å². The van der Waals surface area contributed by atoms with Crippen molar-refractivity contribution in [3.05, 3.63) is 29.4 Å². The van der Waals surface area contributed by atoms with Gasteiger partial charge in [0, 0.05) is 18.0 Å². The summed E-state index contributed by atoms with van der Waals surface area (Å²) in [6, 6.07) is 2.16. The molecule has 0 fully saturated rings. The molecule has 2 rings (SSSR count). The van der Waals surface area contributed by atoms with Crippen molar-refractivity contribution in [2.45, 2.75) is 13.3 Å². The highest BCUT2D eigenvalue weighted by molar-refractivity contribution is 7.18. The number of rotatable bonds is 5. The topological polar surface area (TPSA) is 63.8 Å². The van der Waals surface area contributed by atoms with E-state index in [0.29, 0.717) is 6.54 Å². The van der Waals surface area contributed by atoms with Gasteiger partial charge in [-0.2, -0.15) is 0 Å². The Morgan fingerprint density at radius 3 is 3.06 bits per heavy atom. The predicted molar refractivity (Wildman–Crippen MR) is 73.5 cm³/mol. The lowest BCUT2D eigenvalue weighted by molar-refractivity contribution is 1.17. The zero-order valence-corrected chi connectivity index (χ0v) is 10.6. The molecule has 17 heavy (non-hydrogen) atoms. The lowest BCUT2D eigenvalue weighted by Crippen LogP contribution is -2.02. The van der Waals surface area contributed by atoms with Gasteiger partial charge in [0.2, 0.25) is 0 Å². The van der Waals surface area contributed by atoms with Gasteiger partial charge in [-0.15, -0.1) is 11.3 Å². The van der Waals surface area contributed by atoms with Crippen molar-refractivity contribution in [3.63, 3.8) is 0 Å². The molecule has 3 N–H and O–H groups in total. The minimum absolute atomic E-state index is 0.569. The van der Waals surface area contributed by atoms with E-state index in [1.807, 2.05) is 12.2 Å². The van der Waals surface area contributed by atoms with Crippen molar-refractivity contribution in [2.24, 2.45) is 5.73 Å². The molecule has 5 heteroatoms. The van der Waals surface area contributed by atoms with Gasteiger partial charge in [-0.05, 0) is 12.5 Å². The molecule has 0 aliphatic heterocycles. The molecule has 0 atom stereocenters. The van der Waals surface area contributed by atoms with Gasteiger partial charge in [-0.3, -0.25) is 0 Å². The zero-order valence-electron chi connectivity index (χ0n) is 9.81. The van der Waals surface area contributed by atoms with Crippen LogP contribution < -0.4 is 11.1 Å². The molecule has 0 aliphatic rings. The summed E-state index contributed by atoms with van der Waals surface area (Å²) in [4.78, 5) is 10.9. The highest BCUT2D eigenvalue weighted by atomic mass is 32.1. The van der Waals surface area contributed by atoms with Gasteiger partial charge in [0.15, 0.2) is 0 Å². The maximum absolute atomic E-state index is 5.38. The van der Waals surface area contributed by atoms with Crippen LogP contribution in [0.5, 0.6) is 0 Å². The van der Waals surface area contributed by atoms with Crippen LogP contribution in [0.4, 0.5) is 5.82 Å². The fourth-order valence-corrected chi connectivity index (χ4v) is 2.49. The molecule has 2 aromatic heterocycles. The number of nitrogens with one attached hydrogen (secondary N) is 1. The largest absolute Gasteiger partial charge is 0.366 e. The summed E-state index contributed by atoms with van der Waals surface area (Å²) in [6.45, 7) is 3.45. The number of nitrogens with two attached hydrogens (primary N) is 1. The third-order valence-corrected chi connectivity index (χ3v) is 3.61. The summed E-state index contributed by atoms with van der Waals surface area (Å²) in [5, 5.41) is 4.38. The average molecular weight is 248 g/mol. The highest BCUT2D eigenvalue weighted by Crippen LogP contribution is 2.28. The van der Waals surface area contributed by atoms with E-state index >= 15 is 0 Å². The molecule has 90 valence electrons. The number of fused-ring (bicyclic) bond motifs is 1. The summed E-state index contributed by atoms with van der Waals surface area (Å²) in [6.07, 6.45) is 6.57. The van der Waals surface area contributed by atoms with Crippen LogP contribution in [0.2, 0.25) is 0 Å². The normalized spacial score (nSPS) is 11.4. The molecule has 0 spiro atoms. The minimum Gasteiger partial charge on any atom is -0.366 e. The molecule has 0 saturated heterocycles. The van der Waals surface area contributed by atoms with Crippen LogP contribution in [0.3, 0.4) is 0 Å². The van der Waals surface area contributed by atoms with E-state index in [1.165, 1.54) is 4.88 Å². The van der Waals surface area contributed by atoms with Crippen LogP contribution in [0.1, 0.15) is 11.8 Å². The molecule has 0 aliphatic carbocycles. The third kappa shape index (κ3) is 2.81. The van der Waals surface area contributed by atoms with Crippen molar-refractivity contribution in [2.75, 3.05) is 18.4 Å². The van der Waals surface area contributed by atoms with Crippen molar-refractivity contribution in [3.8, 4) is 0 Å². The lowest BCUT2D eigenvalue weighted by atomic mass is 10.3. The van der Waals surface area contributed by atoms with Crippen LogP contribution in [0, 0.1) is 0 Å². The maximum Gasteiger partial charge on any atom is 0.138 e. The second kappa shape index (κ2) is 5.75. The predicted octanol–water partition coefficient (Wildman–Crippen LogP) is 2.18. The van der Waals surface area contributed by atoms with Crippen LogP contribution in [-0.4, -0.2) is 23.1 Å². The molecule has 0 bridgehead atoms. The fraction of sp³-hybridized carbons (Fsp3) is 0.333. The molecular weight excluding hydrogens is 232 g/mol. The van der Waals surface area contributed by atoms with Crippen molar-refractivity contribution >= 4 is 27.4 Å². The number of anilines is 1. The summed E-state index contributed by atoms with van der Waals surface area (Å²) in [5.74, 6) is 0.896. The van der Waals surface area contributed by atoms with Crippen molar-refractivity contribution in [1.29, 1.82) is 0 Å². The van der Waals surface area contributed by atoms with E-state index in [2.05, 4.69) is 28.3 Å². The van der Waals surface area contributed by atoms with Crippen LogP contribution in [-0.2, 0) is 6.42 Å². The molecule has 0 radical (unpaired) electrons. The van der Waals surface area contributed by atoms with Crippen LogP contribution in [0.25, 0.3) is 10.2 Å². The highest BCUT2D eigenvalue weighted by Gasteiger charge is 2.06. The Morgan fingerprint density at radius 2 is 2.29 bits per heavy atom. The van der Waals surface area contributed by atoms with Gasteiger partial charge >= 0.3 is 0 Å². The molecule has 0 amide bonds. The Kier molecular flexibility index (Phi) is 4.06. The number of hydrogen-bond acceptors (Lipinski definition) is 5. The van der Waals surface area contributed by atoms with E-state index < -0.39 is 0 Å². The van der Waals surface area contributed by atoms with E-state index in [-0.39, 0.29) is 0 Å². The second-order valence-corrected chi connectivity index (χ2v) is 4.71. The first kappa shape index (κ1) is 12.0. The first-order valence-corrected chi connectivity index (χ1v) is 6.49. The Hall–Kier alpha value is -1.46. The molecule has 4 nitrogen and oxygen atoms in total. The van der Waals surface area contributed by atoms with E-state index in [1.54, 1.807) is 17.7 Å². The molecule has 0 saturated carbocycles. The summed E-state index contributed by atoms with van der Waals surface area (Å²) >= 11 is 1.73. The Balaban J connectivity index is 2.21. The van der Waals surface area contributed by atoms with Gasteiger partial charge < -0.3 is 11.1 Å². The van der Waals surface area contributed by atoms with Gasteiger partial charge in [-0.1, -0.05) is 19.1 Å². The number of aromatic nitrogens is 2. The fourth-order valence-electron chi connectivity index (χ4n) is 1.56. The summed E-state index contributed by atoms with van der Waals surface area (Å²) < 4.78 is 0. The van der Waals surface area contributed by atoms with E-state index in [4.69, 9.17) is 5.73 Å². The molecule has 2 heterocycles. The van der Waals surface area contributed by atoms with E-state index in [9.17, 15) is 0 Å². The average Bonchev–Trinajstić information content (AvgIpc) is 2.78. The van der Waals surface area contributed by atoms with Crippen molar-refractivity contribution in [1.82, 2.24) is 9.97 Å². The smallest absolute Gasteiger partial charge is 0.138 e. The first-order chi connectivity index (χ1) is 8.35. The molecule has 0 aromatic carbocycles. The number of aryl methyl sites for hydroxylation is 1. The SMILES string of the molecule is CCc1cc2c(NC/C=C/CN)ncnc2s1. The van der Waals surface area contributed by atoms with Gasteiger partial charge in [0.25, 0.3) is 0 Å². The maximum atomic E-state index is 5.38. The molecule has 0 unspecified atom stereocenters. The third-order valence-electron chi connectivity index (χ3n) is 2.42. The van der Waals surface area contributed by atoms with Gasteiger partial charge in [0.05, 0.1) is 5.39 Å². The second-order valence-electron chi connectivity index (χ2n) is 3.60. The minimum atomic E-state index is 0.569. The van der Waals surface area contributed by atoms with Gasteiger partial charge in [0.1, 0.15) is 17.0 Å². The monoisotopic (exact) mass is 248 g/mol. The Bertz CT molecular complexity index is 518. The molecule has 2 aromatic rings. The van der Waals surface area contributed by atoms with Crippen LogP contribution in [0.15, 0.2) is 24.5 Å². The van der Waals surface area contributed by atoms with Crippen molar-refractivity contribution < 1.29 is 0 Å². The first-order valence-electron chi connectivity index (χ1n) is 5.67. The number of hydrogen-bond donors (Lipinski definition) is 2. The summed E-state index contributed by atoms with van der Waals surface area (Å²) in [7, 11) is 0. The summed E-state index contributed by atoms with van der Waals surface area (Å²) in [5.41, 5.74) is 5.38. The van der Waals surface area contributed by atoms with Crippen LogP contribution >= 0.6 is 11.3 Å². The molecular formula is C12H16N4S. The standard InChI is InChI=1S/C12H16N4S/c1-2-9-7-10-11(14-6-4-3-5-13)15-8-16-12(10)17-9/h3-4,7-8H,2,5-6,13H2,1H3,(H,14,15,16)/b4-3+. The Labute approximate surface area is 105 Å². The lowest BCUT2D eigenvalue weighted by Gasteiger charge is -2.02. The number of thiophene rings is 1.